The van der Waals surface area contributed by atoms with E-state index < -0.39 is 0 Å². The topological polar surface area (TPSA) is 39.1 Å². The summed E-state index contributed by atoms with van der Waals surface area (Å²) in [5, 5.41) is 8.55. The molecule has 0 radical (unpaired) electrons. The minimum atomic E-state index is 0.239. The van der Waals surface area contributed by atoms with Gasteiger partial charge in [-0.2, -0.15) is 5.10 Å². The minimum Gasteiger partial charge on any atom is -0.383 e. The summed E-state index contributed by atoms with van der Waals surface area (Å²) in [6.45, 7) is 3.36. The second-order valence-corrected chi connectivity index (χ2v) is 4.95. The van der Waals surface area contributed by atoms with E-state index >= 15 is 0 Å². The van der Waals surface area contributed by atoms with Gasteiger partial charge in [0.05, 0.1) is 23.0 Å². The van der Waals surface area contributed by atoms with Gasteiger partial charge in [0.25, 0.3) is 0 Å². The molecule has 6 heteroatoms. The lowest BCUT2D eigenvalue weighted by atomic mass is 10.2. The van der Waals surface area contributed by atoms with Crippen molar-refractivity contribution in [2.75, 3.05) is 19.6 Å². The summed E-state index contributed by atoms with van der Waals surface area (Å²) in [5.74, 6) is 0.611. The van der Waals surface area contributed by atoms with Gasteiger partial charge in [-0.05, 0) is 12.8 Å². The molecule has 0 aliphatic carbocycles. The third kappa shape index (κ3) is 4.12. The van der Waals surface area contributed by atoms with Crippen molar-refractivity contribution >= 4 is 23.2 Å². The maximum absolute atomic E-state index is 6.29. The molecule has 0 spiro atoms. The van der Waals surface area contributed by atoms with Crippen LogP contribution in [0.25, 0.3) is 0 Å². The number of ether oxygens (including phenoxy) is 1. The standard InChI is InChI=1S/C12H21Cl2N3O/c1-4-10-12(14)11(17(2)16-10)7-15-9(5-6-13)8-18-3/h9,15H,4-8H2,1-3H3. The van der Waals surface area contributed by atoms with Crippen molar-refractivity contribution in [3.8, 4) is 0 Å². The van der Waals surface area contributed by atoms with Gasteiger partial charge in [0.1, 0.15) is 0 Å². The number of aryl methyl sites for hydroxylation is 2. The number of aromatic nitrogens is 2. The number of nitrogens with zero attached hydrogens (tertiary/aromatic N) is 2. The number of hydrogen-bond acceptors (Lipinski definition) is 3. The summed E-state index contributed by atoms with van der Waals surface area (Å²) in [6, 6.07) is 0.239. The summed E-state index contributed by atoms with van der Waals surface area (Å²) >= 11 is 12.1. The average molecular weight is 294 g/mol. The summed E-state index contributed by atoms with van der Waals surface area (Å²) in [7, 11) is 3.60. The third-order valence-corrected chi connectivity index (χ3v) is 3.54. The molecule has 1 atom stereocenters. The van der Waals surface area contributed by atoms with Gasteiger partial charge < -0.3 is 10.1 Å². The van der Waals surface area contributed by atoms with E-state index in [2.05, 4.69) is 10.4 Å². The van der Waals surface area contributed by atoms with Crippen LogP contribution in [0.15, 0.2) is 0 Å². The monoisotopic (exact) mass is 293 g/mol. The van der Waals surface area contributed by atoms with Crippen LogP contribution in [0.5, 0.6) is 0 Å². The van der Waals surface area contributed by atoms with Gasteiger partial charge in [-0.1, -0.05) is 18.5 Å². The Balaban J connectivity index is 2.63. The molecule has 0 aliphatic heterocycles. The normalized spacial score (nSPS) is 12.9. The number of nitrogens with one attached hydrogen (secondary N) is 1. The predicted octanol–water partition coefficient (Wildman–Crippen LogP) is 2.37. The molecule has 1 heterocycles. The predicted molar refractivity (Wildman–Crippen MR) is 75.4 cm³/mol. The molecule has 0 saturated carbocycles. The smallest absolute Gasteiger partial charge is 0.0863 e. The molecule has 0 amide bonds. The molecular formula is C12H21Cl2N3O. The van der Waals surface area contributed by atoms with Crippen molar-refractivity contribution in [3.05, 3.63) is 16.4 Å². The Labute approximate surface area is 119 Å². The van der Waals surface area contributed by atoms with E-state index in [-0.39, 0.29) is 6.04 Å². The van der Waals surface area contributed by atoms with Crippen molar-refractivity contribution in [2.45, 2.75) is 32.4 Å². The van der Waals surface area contributed by atoms with Gasteiger partial charge in [-0.25, -0.2) is 0 Å². The maximum Gasteiger partial charge on any atom is 0.0863 e. The van der Waals surface area contributed by atoms with Crippen LogP contribution in [0.2, 0.25) is 5.02 Å². The molecular weight excluding hydrogens is 273 g/mol. The molecule has 0 saturated heterocycles. The van der Waals surface area contributed by atoms with E-state index in [9.17, 15) is 0 Å². The van der Waals surface area contributed by atoms with Crippen LogP contribution >= 0.6 is 23.2 Å². The van der Waals surface area contributed by atoms with Crippen LogP contribution in [-0.4, -0.2) is 35.4 Å². The van der Waals surface area contributed by atoms with Crippen LogP contribution in [0.1, 0.15) is 24.7 Å². The lowest BCUT2D eigenvalue weighted by Crippen LogP contribution is -2.33. The highest BCUT2D eigenvalue weighted by atomic mass is 35.5. The lowest BCUT2D eigenvalue weighted by molar-refractivity contribution is 0.163. The van der Waals surface area contributed by atoms with Gasteiger partial charge in [0, 0.05) is 32.6 Å². The Kier molecular flexibility index (Phi) is 7.00. The summed E-state index contributed by atoms with van der Waals surface area (Å²) in [6.07, 6.45) is 1.71. The molecule has 1 aromatic rings. The lowest BCUT2D eigenvalue weighted by Gasteiger charge is -2.16. The number of alkyl halides is 1. The largest absolute Gasteiger partial charge is 0.383 e. The second kappa shape index (κ2) is 8.00. The van der Waals surface area contributed by atoms with Crippen LogP contribution in [0.4, 0.5) is 0 Å². The van der Waals surface area contributed by atoms with Gasteiger partial charge >= 0.3 is 0 Å². The second-order valence-electron chi connectivity index (χ2n) is 4.20. The quantitative estimate of drug-likeness (QED) is 0.748. The first-order valence-corrected chi connectivity index (χ1v) is 7.03. The molecule has 1 N–H and O–H groups in total. The van der Waals surface area contributed by atoms with Crippen LogP contribution in [0, 0.1) is 0 Å². The Morgan fingerprint density at radius 1 is 1.50 bits per heavy atom. The van der Waals surface area contributed by atoms with Gasteiger partial charge in [0.2, 0.25) is 0 Å². The van der Waals surface area contributed by atoms with E-state index in [1.54, 1.807) is 7.11 Å². The van der Waals surface area contributed by atoms with E-state index in [1.165, 1.54) is 0 Å². The van der Waals surface area contributed by atoms with Crippen molar-refractivity contribution in [3.63, 3.8) is 0 Å². The molecule has 1 aromatic heterocycles. The Bertz CT molecular complexity index is 362. The Morgan fingerprint density at radius 2 is 2.22 bits per heavy atom. The molecule has 0 fully saturated rings. The Hall–Kier alpha value is -0.290. The number of hydrogen-bond donors (Lipinski definition) is 1. The SMILES string of the molecule is CCc1nn(C)c(CNC(CCCl)COC)c1Cl. The maximum atomic E-state index is 6.29. The molecule has 104 valence electrons. The molecule has 4 nitrogen and oxygen atoms in total. The first kappa shape index (κ1) is 15.8. The van der Waals surface area contributed by atoms with E-state index in [4.69, 9.17) is 27.9 Å². The molecule has 1 rings (SSSR count). The highest BCUT2D eigenvalue weighted by Crippen LogP contribution is 2.20. The molecule has 0 aromatic carbocycles. The van der Waals surface area contributed by atoms with Crippen molar-refractivity contribution in [1.82, 2.24) is 15.1 Å². The molecule has 18 heavy (non-hydrogen) atoms. The van der Waals surface area contributed by atoms with Crippen LogP contribution < -0.4 is 5.32 Å². The zero-order valence-electron chi connectivity index (χ0n) is 11.2. The summed E-state index contributed by atoms with van der Waals surface area (Å²) < 4.78 is 6.99. The summed E-state index contributed by atoms with van der Waals surface area (Å²) in [4.78, 5) is 0. The summed E-state index contributed by atoms with van der Waals surface area (Å²) in [5.41, 5.74) is 1.95. The van der Waals surface area contributed by atoms with E-state index in [1.807, 2.05) is 18.7 Å². The third-order valence-electron chi connectivity index (χ3n) is 2.89. The highest BCUT2D eigenvalue weighted by molar-refractivity contribution is 6.31. The van der Waals surface area contributed by atoms with Crippen molar-refractivity contribution in [2.24, 2.45) is 7.05 Å². The number of methoxy groups -OCH3 is 1. The molecule has 0 bridgehead atoms. The highest BCUT2D eigenvalue weighted by Gasteiger charge is 2.14. The fraction of sp³-hybridized carbons (Fsp3) is 0.750. The van der Waals surface area contributed by atoms with Gasteiger partial charge in [-0.3, -0.25) is 4.68 Å². The number of rotatable bonds is 8. The molecule has 1 unspecified atom stereocenters. The molecule has 0 aliphatic rings. The van der Waals surface area contributed by atoms with E-state index in [0.29, 0.717) is 19.0 Å². The van der Waals surface area contributed by atoms with Crippen molar-refractivity contribution < 1.29 is 4.74 Å². The van der Waals surface area contributed by atoms with Gasteiger partial charge in [0.15, 0.2) is 0 Å². The van der Waals surface area contributed by atoms with E-state index in [0.717, 1.165) is 29.3 Å². The first-order chi connectivity index (χ1) is 8.63. The van der Waals surface area contributed by atoms with Crippen LogP contribution in [0.3, 0.4) is 0 Å². The van der Waals surface area contributed by atoms with Crippen LogP contribution in [-0.2, 0) is 24.8 Å². The average Bonchev–Trinajstić information content (AvgIpc) is 2.62. The fourth-order valence-electron chi connectivity index (χ4n) is 1.83. The zero-order valence-corrected chi connectivity index (χ0v) is 12.7. The first-order valence-electron chi connectivity index (χ1n) is 6.12. The number of halogens is 2. The Morgan fingerprint density at radius 3 is 2.72 bits per heavy atom. The zero-order chi connectivity index (χ0) is 13.5. The minimum absolute atomic E-state index is 0.239. The van der Waals surface area contributed by atoms with Gasteiger partial charge in [-0.15, -0.1) is 11.6 Å². The van der Waals surface area contributed by atoms with Crippen molar-refractivity contribution in [1.29, 1.82) is 0 Å². The fourth-order valence-corrected chi connectivity index (χ4v) is 2.45.